The summed E-state index contributed by atoms with van der Waals surface area (Å²) >= 11 is 0. The maximum absolute atomic E-state index is 11.9. The van der Waals surface area contributed by atoms with Gasteiger partial charge in [0.2, 0.25) is 12.0 Å². The second-order valence-corrected chi connectivity index (χ2v) is 6.13. The third kappa shape index (κ3) is 3.66. The first-order valence-corrected chi connectivity index (χ1v) is 8.18. The standard InChI is InChI=1S/C17H18O11/c1-6(19)25-7-2-3-8-9(4-7)26-16(24)14(23)15(8)28-17-13(22)12(21)11(20)10(5-18)27-17/h2-4,10-13,17-18,20-23H,5H2,1H3/t10-,11-,12+,13+,17+/m1/s1. The fourth-order valence-electron chi connectivity index (χ4n) is 2.77. The molecule has 1 saturated heterocycles. The van der Waals surface area contributed by atoms with E-state index in [-0.39, 0.29) is 16.7 Å². The molecule has 0 radical (unpaired) electrons. The summed E-state index contributed by atoms with van der Waals surface area (Å²) in [6.45, 7) is 0.505. The number of ether oxygens (including phenoxy) is 3. The highest BCUT2D eigenvalue weighted by molar-refractivity contribution is 5.87. The number of esters is 1. The van der Waals surface area contributed by atoms with Crippen LogP contribution in [0.25, 0.3) is 11.0 Å². The zero-order valence-electron chi connectivity index (χ0n) is 14.5. The normalized spacial score (nSPS) is 27.5. The van der Waals surface area contributed by atoms with Gasteiger partial charge in [0.25, 0.3) is 0 Å². The summed E-state index contributed by atoms with van der Waals surface area (Å²) in [5, 5.41) is 49.1. The highest BCUT2D eigenvalue weighted by Gasteiger charge is 2.45. The van der Waals surface area contributed by atoms with E-state index < -0.39 is 60.4 Å². The lowest BCUT2D eigenvalue weighted by Gasteiger charge is -2.39. The Hall–Kier alpha value is -2.70. The van der Waals surface area contributed by atoms with Crippen LogP contribution in [-0.2, 0) is 9.53 Å². The second-order valence-electron chi connectivity index (χ2n) is 6.13. The van der Waals surface area contributed by atoms with Crippen molar-refractivity contribution in [1.82, 2.24) is 0 Å². The number of rotatable bonds is 4. The van der Waals surface area contributed by atoms with E-state index in [9.17, 15) is 35.1 Å². The molecule has 152 valence electrons. The molecule has 0 aliphatic carbocycles. The van der Waals surface area contributed by atoms with E-state index in [1.165, 1.54) is 25.1 Å². The molecule has 1 fully saturated rings. The van der Waals surface area contributed by atoms with Crippen molar-refractivity contribution < 1.29 is 49.0 Å². The van der Waals surface area contributed by atoms with Crippen LogP contribution in [0.1, 0.15) is 6.92 Å². The first kappa shape index (κ1) is 20.0. The molecule has 2 heterocycles. The molecule has 1 aliphatic heterocycles. The minimum absolute atomic E-state index is 0.0740. The van der Waals surface area contributed by atoms with Crippen LogP contribution in [0.15, 0.2) is 27.4 Å². The van der Waals surface area contributed by atoms with Gasteiger partial charge in [0, 0.05) is 13.0 Å². The summed E-state index contributed by atoms with van der Waals surface area (Å²) in [6, 6.07) is 3.90. The lowest BCUT2D eigenvalue weighted by molar-refractivity contribution is -0.277. The van der Waals surface area contributed by atoms with Crippen molar-refractivity contribution in [3.63, 3.8) is 0 Å². The fourth-order valence-corrected chi connectivity index (χ4v) is 2.77. The molecule has 0 unspecified atom stereocenters. The van der Waals surface area contributed by atoms with Crippen LogP contribution in [0.4, 0.5) is 0 Å². The van der Waals surface area contributed by atoms with Crippen molar-refractivity contribution in [3.05, 3.63) is 28.6 Å². The number of carbonyl (C=O) groups excluding carboxylic acids is 1. The molecule has 11 heteroatoms. The van der Waals surface area contributed by atoms with Crippen molar-refractivity contribution in [2.45, 2.75) is 37.6 Å². The van der Waals surface area contributed by atoms with Crippen LogP contribution < -0.4 is 15.1 Å². The van der Waals surface area contributed by atoms with Crippen LogP contribution >= 0.6 is 0 Å². The third-order valence-corrected chi connectivity index (χ3v) is 4.15. The van der Waals surface area contributed by atoms with E-state index in [2.05, 4.69) is 0 Å². The first-order chi connectivity index (χ1) is 13.2. The van der Waals surface area contributed by atoms with Crippen LogP contribution in [0.5, 0.6) is 17.2 Å². The molecular weight excluding hydrogens is 380 g/mol. The Bertz CT molecular complexity index is 935. The summed E-state index contributed by atoms with van der Waals surface area (Å²) in [4.78, 5) is 23.0. The van der Waals surface area contributed by atoms with E-state index in [1.54, 1.807) is 0 Å². The zero-order valence-corrected chi connectivity index (χ0v) is 14.5. The van der Waals surface area contributed by atoms with Gasteiger partial charge in [-0.15, -0.1) is 0 Å². The first-order valence-electron chi connectivity index (χ1n) is 8.18. The quantitative estimate of drug-likeness (QED) is 0.233. The Morgan fingerprint density at radius 3 is 2.54 bits per heavy atom. The van der Waals surface area contributed by atoms with Gasteiger partial charge in [-0.05, 0) is 12.1 Å². The average Bonchev–Trinajstić information content (AvgIpc) is 2.64. The number of aliphatic hydroxyl groups is 4. The predicted molar refractivity (Wildman–Crippen MR) is 89.9 cm³/mol. The lowest BCUT2D eigenvalue weighted by atomic mass is 9.99. The monoisotopic (exact) mass is 398 g/mol. The number of fused-ring (bicyclic) bond motifs is 1. The topological polar surface area (TPSA) is 176 Å². The zero-order chi connectivity index (χ0) is 20.6. The van der Waals surface area contributed by atoms with Gasteiger partial charge in [-0.2, -0.15) is 0 Å². The molecule has 11 nitrogen and oxygen atoms in total. The SMILES string of the molecule is CC(=O)Oc1ccc2c(O[C@@H]3O[C@H](CO)[C@@H](O)[C@H](O)[C@@H]3O)c(O)c(=O)oc2c1. The summed E-state index contributed by atoms with van der Waals surface area (Å²) < 4.78 is 20.4. The average molecular weight is 398 g/mol. The smallest absolute Gasteiger partial charge is 0.382 e. The maximum Gasteiger partial charge on any atom is 0.382 e. The van der Waals surface area contributed by atoms with Gasteiger partial charge in [0.1, 0.15) is 35.7 Å². The van der Waals surface area contributed by atoms with Gasteiger partial charge >= 0.3 is 11.6 Å². The molecular formula is C17H18O11. The minimum atomic E-state index is -1.75. The van der Waals surface area contributed by atoms with Gasteiger partial charge in [0.05, 0.1) is 12.0 Å². The fraction of sp³-hybridized carbons (Fsp3) is 0.412. The molecule has 0 spiro atoms. The Labute approximate surface area is 156 Å². The third-order valence-electron chi connectivity index (χ3n) is 4.15. The molecule has 1 aromatic carbocycles. The van der Waals surface area contributed by atoms with Crippen LogP contribution in [0, 0.1) is 0 Å². The highest BCUT2D eigenvalue weighted by atomic mass is 16.7. The number of carbonyl (C=O) groups is 1. The van der Waals surface area contributed by atoms with Crippen molar-refractivity contribution in [2.75, 3.05) is 6.61 Å². The lowest BCUT2D eigenvalue weighted by Crippen LogP contribution is -2.60. The Balaban J connectivity index is 2.01. The molecule has 0 bridgehead atoms. The largest absolute Gasteiger partial charge is 0.499 e. The van der Waals surface area contributed by atoms with Crippen LogP contribution in [-0.4, -0.2) is 68.8 Å². The van der Waals surface area contributed by atoms with E-state index in [1.807, 2.05) is 0 Å². The van der Waals surface area contributed by atoms with Crippen molar-refractivity contribution in [1.29, 1.82) is 0 Å². The van der Waals surface area contributed by atoms with E-state index in [4.69, 9.17) is 18.6 Å². The molecule has 2 aromatic rings. The van der Waals surface area contributed by atoms with Gasteiger partial charge in [-0.3, -0.25) is 4.79 Å². The van der Waals surface area contributed by atoms with E-state index in [0.29, 0.717) is 0 Å². The van der Waals surface area contributed by atoms with Gasteiger partial charge < -0.3 is 44.2 Å². The Morgan fingerprint density at radius 1 is 1.18 bits per heavy atom. The predicted octanol–water partition coefficient (Wildman–Crippen LogP) is -1.40. The van der Waals surface area contributed by atoms with Gasteiger partial charge in [-0.25, -0.2) is 4.79 Å². The molecule has 0 saturated carbocycles. The molecule has 1 aromatic heterocycles. The summed E-state index contributed by atoms with van der Waals surface area (Å²) in [7, 11) is 0. The van der Waals surface area contributed by atoms with Crippen LogP contribution in [0.3, 0.4) is 0 Å². The van der Waals surface area contributed by atoms with Gasteiger partial charge in [0.15, 0.2) is 5.75 Å². The van der Waals surface area contributed by atoms with E-state index >= 15 is 0 Å². The molecule has 5 N–H and O–H groups in total. The molecule has 0 amide bonds. The second kappa shape index (κ2) is 7.73. The number of benzene rings is 1. The molecule has 28 heavy (non-hydrogen) atoms. The Morgan fingerprint density at radius 2 is 1.89 bits per heavy atom. The summed E-state index contributed by atoms with van der Waals surface area (Å²) in [5.74, 6) is -1.87. The number of aromatic hydroxyl groups is 1. The highest BCUT2D eigenvalue weighted by Crippen LogP contribution is 2.36. The minimum Gasteiger partial charge on any atom is -0.499 e. The maximum atomic E-state index is 11.9. The number of aliphatic hydroxyl groups excluding tert-OH is 4. The van der Waals surface area contributed by atoms with Crippen molar-refractivity contribution in [2.24, 2.45) is 0 Å². The van der Waals surface area contributed by atoms with Crippen LogP contribution in [0.2, 0.25) is 0 Å². The molecule has 3 rings (SSSR count). The van der Waals surface area contributed by atoms with Crippen molar-refractivity contribution >= 4 is 16.9 Å². The molecule has 1 aliphatic rings. The number of hydrogen-bond donors (Lipinski definition) is 5. The summed E-state index contributed by atoms with van der Waals surface area (Å²) in [6.07, 6.45) is -7.93. The van der Waals surface area contributed by atoms with Gasteiger partial charge in [-0.1, -0.05) is 0 Å². The van der Waals surface area contributed by atoms with Crippen molar-refractivity contribution in [3.8, 4) is 17.2 Å². The van der Waals surface area contributed by atoms with E-state index in [0.717, 1.165) is 0 Å². The molecule has 5 atom stereocenters. The number of hydrogen-bond acceptors (Lipinski definition) is 11. The Kier molecular flexibility index (Phi) is 5.54. The summed E-state index contributed by atoms with van der Waals surface area (Å²) in [5.41, 5.74) is -1.27.